The second kappa shape index (κ2) is 6.82. The molecule has 1 aromatic carbocycles. The molecule has 1 aromatic rings. The summed E-state index contributed by atoms with van der Waals surface area (Å²) >= 11 is 0. The fourth-order valence-corrected chi connectivity index (χ4v) is 1.07. The van der Waals surface area contributed by atoms with Crippen molar-refractivity contribution in [3.63, 3.8) is 0 Å². The number of benzene rings is 1. The molecule has 78 valence electrons. The third-order valence-corrected chi connectivity index (χ3v) is 1.47. The van der Waals surface area contributed by atoms with Gasteiger partial charge in [0.2, 0.25) is 0 Å². The van der Waals surface area contributed by atoms with Crippen LogP contribution in [0.4, 0.5) is 0 Å². The molecule has 0 heterocycles. The number of hydrogen-bond donors (Lipinski definition) is 0. The number of ether oxygens (including phenoxy) is 2. The van der Waals surface area contributed by atoms with E-state index in [1.54, 1.807) is 0 Å². The molecule has 0 N–H and O–H groups in total. The Labute approximate surface area is 104 Å². The SMILES string of the molecule is CC(C)Oc1[c-]c(OC(C)C)ccc1.[Li+]. The molecule has 15 heavy (non-hydrogen) atoms. The van der Waals surface area contributed by atoms with E-state index in [1.807, 2.05) is 45.9 Å². The summed E-state index contributed by atoms with van der Waals surface area (Å²) in [5.41, 5.74) is 0. The summed E-state index contributed by atoms with van der Waals surface area (Å²) in [6.45, 7) is 7.96. The molecule has 2 nitrogen and oxygen atoms in total. The third-order valence-electron chi connectivity index (χ3n) is 1.47. The zero-order valence-electron chi connectivity index (χ0n) is 10.2. The van der Waals surface area contributed by atoms with Crippen LogP contribution in [-0.4, -0.2) is 12.2 Å². The van der Waals surface area contributed by atoms with Crippen LogP contribution in [0.15, 0.2) is 18.2 Å². The molecule has 0 aromatic heterocycles. The molecule has 0 radical (unpaired) electrons. The Hall–Kier alpha value is -0.583. The molecule has 0 saturated heterocycles. The van der Waals surface area contributed by atoms with Gasteiger partial charge in [-0.3, -0.25) is 0 Å². The normalized spacial score (nSPS) is 10.0. The Balaban J connectivity index is 0.00000196. The molecular formula is C12H17LiO2. The van der Waals surface area contributed by atoms with Gasteiger partial charge in [-0.05, 0) is 27.7 Å². The van der Waals surface area contributed by atoms with Gasteiger partial charge in [-0.1, -0.05) is 6.07 Å². The fraction of sp³-hybridized carbons (Fsp3) is 0.500. The average molecular weight is 200 g/mol. The van der Waals surface area contributed by atoms with Gasteiger partial charge in [0.15, 0.2) is 0 Å². The van der Waals surface area contributed by atoms with E-state index in [1.165, 1.54) is 0 Å². The number of rotatable bonds is 4. The Morgan fingerprint density at radius 2 is 1.33 bits per heavy atom. The molecule has 0 aliphatic heterocycles. The second-order valence-corrected chi connectivity index (χ2v) is 3.71. The maximum atomic E-state index is 5.50. The molecule has 0 amide bonds. The van der Waals surface area contributed by atoms with Crippen molar-refractivity contribution in [1.82, 2.24) is 0 Å². The van der Waals surface area contributed by atoms with Crippen LogP contribution in [0.5, 0.6) is 11.5 Å². The minimum Gasteiger partial charge on any atom is -0.517 e. The first-order chi connectivity index (χ1) is 6.58. The molecular weight excluding hydrogens is 183 g/mol. The molecule has 0 atom stereocenters. The maximum Gasteiger partial charge on any atom is 1.00 e. The van der Waals surface area contributed by atoms with E-state index < -0.39 is 0 Å². The van der Waals surface area contributed by atoms with Gasteiger partial charge in [0.05, 0.1) is 12.2 Å². The van der Waals surface area contributed by atoms with Gasteiger partial charge >= 0.3 is 18.9 Å². The molecule has 0 aliphatic rings. The van der Waals surface area contributed by atoms with Crippen LogP contribution in [0.3, 0.4) is 0 Å². The summed E-state index contributed by atoms with van der Waals surface area (Å²) in [7, 11) is 0. The Morgan fingerprint density at radius 3 is 1.67 bits per heavy atom. The van der Waals surface area contributed by atoms with Crippen LogP contribution >= 0.6 is 0 Å². The first-order valence-electron chi connectivity index (χ1n) is 4.93. The van der Waals surface area contributed by atoms with Crippen LogP contribution in [0, 0.1) is 6.07 Å². The van der Waals surface area contributed by atoms with E-state index in [-0.39, 0.29) is 31.1 Å². The predicted molar refractivity (Wildman–Crippen MR) is 56.8 cm³/mol. The zero-order chi connectivity index (χ0) is 10.6. The minimum atomic E-state index is 0. The predicted octanol–water partition coefficient (Wildman–Crippen LogP) is 0.0652. The smallest absolute Gasteiger partial charge is 0.517 e. The summed E-state index contributed by atoms with van der Waals surface area (Å²) in [5.74, 6) is 1.47. The number of hydrogen-bond acceptors (Lipinski definition) is 2. The Bertz CT molecular complexity index is 259. The van der Waals surface area contributed by atoms with Gasteiger partial charge in [-0.2, -0.15) is 6.07 Å². The van der Waals surface area contributed by atoms with Crippen molar-refractivity contribution in [3.05, 3.63) is 24.3 Å². The van der Waals surface area contributed by atoms with Crippen LogP contribution in [0.1, 0.15) is 27.7 Å². The topological polar surface area (TPSA) is 18.5 Å². The summed E-state index contributed by atoms with van der Waals surface area (Å²) in [5, 5.41) is 0. The van der Waals surface area contributed by atoms with Gasteiger partial charge in [0, 0.05) is 11.5 Å². The van der Waals surface area contributed by atoms with Crippen molar-refractivity contribution in [1.29, 1.82) is 0 Å². The zero-order valence-corrected chi connectivity index (χ0v) is 10.2. The van der Waals surface area contributed by atoms with Crippen LogP contribution in [0.25, 0.3) is 0 Å². The van der Waals surface area contributed by atoms with E-state index in [0.29, 0.717) is 0 Å². The standard InChI is InChI=1S/C12H17O2.Li/c1-9(2)13-11-6-5-7-12(8-11)14-10(3)4;/h5-7,9-10H,1-4H3;/q-1;+1. The quantitative estimate of drug-likeness (QED) is 0.505. The summed E-state index contributed by atoms with van der Waals surface area (Å²) in [6.07, 6.45) is 0.334. The molecule has 0 bridgehead atoms. The maximum absolute atomic E-state index is 5.50. The molecule has 0 aliphatic carbocycles. The molecule has 0 saturated carbocycles. The van der Waals surface area contributed by atoms with Crippen LogP contribution in [0.2, 0.25) is 0 Å². The molecule has 0 spiro atoms. The summed E-state index contributed by atoms with van der Waals surface area (Å²) in [6, 6.07) is 8.74. The second-order valence-electron chi connectivity index (χ2n) is 3.71. The van der Waals surface area contributed by atoms with Crippen molar-refractivity contribution < 1.29 is 28.3 Å². The fourth-order valence-electron chi connectivity index (χ4n) is 1.07. The van der Waals surface area contributed by atoms with Crippen molar-refractivity contribution in [2.24, 2.45) is 0 Å². The first-order valence-corrected chi connectivity index (χ1v) is 4.93. The minimum absolute atomic E-state index is 0. The molecule has 0 fully saturated rings. The van der Waals surface area contributed by atoms with Crippen molar-refractivity contribution in [3.8, 4) is 11.5 Å². The largest absolute Gasteiger partial charge is 1.00 e. The van der Waals surface area contributed by atoms with Crippen molar-refractivity contribution in [2.75, 3.05) is 0 Å². The third kappa shape index (κ3) is 5.77. The van der Waals surface area contributed by atoms with Crippen LogP contribution in [-0.2, 0) is 0 Å². The summed E-state index contributed by atoms with van der Waals surface area (Å²) in [4.78, 5) is 0. The van der Waals surface area contributed by atoms with Gasteiger partial charge in [0.25, 0.3) is 0 Å². The van der Waals surface area contributed by atoms with Gasteiger partial charge < -0.3 is 9.47 Å². The summed E-state index contributed by atoms with van der Waals surface area (Å²) < 4.78 is 11.0. The first kappa shape index (κ1) is 14.4. The van der Waals surface area contributed by atoms with Crippen LogP contribution < -0.4 is 28.3 Å². The Morgan fingerprint density at radius 1 is 0.933 bits per heavy atom. The van der Waals surface area contributed by atoms with E-state index >= 15 is 0 Å². The Kier molecular flexibility index (Phi) is 6.55. The monoisotopic (exact) mass is 200 g/mol. The van der Waals surface area contributed by atoms with E-state index in [4.69, 9.17) is 9.47 Å². The van der Waals surface area contributed by atoms with E-state index in [2.05, 4.69) is 6.07 Å². The van der Waals surface area contributed by atoms with E-state index in [0.717, 1.165) is 11.5 Å². The van der Waals surface area contributed by atoms with Crippen molar-refractivity contribution in [2.45, 2.75) is 39.9 Å². The van der Waals surface area contributed by atoms with E-state index in [9.17, 15) is 0 Å². The van der Waals surface area contributed by atoms with Gasteiger partial charge in [-0.15, -0.1) is 12.1 Å². The molecule has 1 rings (SSSR count). The van der Waals surface area contributed by atoms with Gasteiger partial charge in [-0.25, -0.2) is 0 Å². The van der Waals surface area contributed by atoms with Gasteiger partial charge in [0.1, 0.15) is 0 Å². The average Bonchev–Trinajstić information content (AvgIpc) is 2.01. The van der Waals surface area contributed by atoms with Crippen molar-refractivity contribution >= 4 is 0 Å². The molecule has 0 unspecified atom stereocenters. The molecule has 3 heteroatoms.